The van der Waals surface area contributed by atoms with Gasteiger partial charge in [-0.1, -0.05) is 12.8 Å². The first-order chi connectivity index (χ1) is 6.66. The molecule has 2 atom stereocenters. The number of hydrogen-bond donors (Lipinski definition) is 1. The molecule has 0 aliphatic heterocycles. The Bertz CT molecular complexity index is 232. The molecule has 0 amide bonds. The van der Waals surface area contributed by atoms with Gasteiger partial charge in [0.15, 0.2) is 23.0 Å². The molecule has 1 fully saturated rings. The fraction of sp³-hybridized carbons (Fsp3) is 0.778. The van der Waals surface area contributed by atoms with Crippen LogP contribution in [0.3, 0.4) is 0 Å². The number of Topliss-reactive ketones (excluding diaryl/α,β-unsaturated/α-hetero) is 1. The van der Waals surface area contributed by atoms with E-state index in [1.807, 2.05) is 0 Å². The van der Waals surface area contributed by atoms with Gasteiger partial charge in [-0.25, -0.2) is 4.79 Å². The summed E-state index contributed by atoms with van der Waals surface area (Å²) in [4.78, 5) is 22.7. The van der Waals surface area contributed by atoms with Crippen LogP contribution in [0.4, 0.5) is 0 Å². The van der Waals surface area contributed by atoms with Crippen molar-refractivity contribution in [2.75, 3.05) is 0 Å². The molecule has 1 rings (SSSR count). The lowest BCUT2D eigenvalue weighted by Gasteiger charge is -2.17. The first-order valence-electron chi connectivity index (χ1n) is 4.77. The molecule has 0 aromatic heterocycles. The Balaban J connectivity index is 2.63. The molecule has 0 spiro atoms. The van der Waals surface area contributed by atoms with E-state index < -0.39 is 12.0 Å². The highest BCUT2D eigenvalue weighted by Crippen LogP contribution is 2.22. The van der Waals surface area contributed by atoms with Gasteiger partial charge in [0, 0.05) is 12.3 Å². The molecule has 0 radical (unpaired) electrons. The van der Waals surface area contributed by atoms with E-state index in [9.17, 15) is 9.59 Å². The monoisotopic (exact) mass is 311 g/mol. The molecule has 4 nitrogen and oxygen atoms in total. The molecule has 0 unspecified atom stereocenters. The van der Waals surface area contributed by atoms with E-state index >= 15 is 0 Å². The number of hydrogen-bond acceptors (Lipinski definition) is 4. The highest BCUT2D eigenvalue weighted by atomic mass is 127. The van der Waals surface area contributed by atoms with Gasteiger partial charge < -0.3 is 8.80 Å². The summed E-state index contributed by atoms with van der Waals surface area (Å²) in [5.74, 6) is -0.720. The molecule has 0 saturated heterocycles. The zero-order valence-corrected chi connectivity index (χ0v) is 10.0. The van der Waals surface area contributed by atoms with E-state index in [4.69, 9.17) is 5.73 Å². The highest BCUT2D eigenvalue weighted by molar-refractivity contribution is 14.1. The molecule has 0 aromatic rings. The van der Waals surface area contributed by atoms with Crippen LogP contribution < -0.4 is 5.73 Å². The third kappa shape index (κ3) is 2.91. The molecule has 0 bridgehead atoms. The predicted octanol–water partition coefficient (Wildman–Crippen LogP) is 1.36. The largest absolute Gasteiger partial charge is 0.393 e. The summed E-state index contributed by atoms with van der Waals surface area (Å²) in [5.41, 5.74) is 5.66. The first kappa shape index (κ1) is 11.9. The topological polar surface area (TPSA) is 69.4 Å². The van der Waals surface area contributed by atoms with Gasteiger partial charge in [0.2, 0.25) is 0 Å². The van der Waals surface area contributed by atoms with Crippen molar-refractivity contribution in [2.45, 2.75) is 38.1 Å². The van der Waals surface area contributed by atoms with Gasteiger partial charge in [0.25, 0.3) is 0 Å². The van der Waals surface area contributed by atoms with Crippen LogP contribution in [0.25, 0.3) is 0 Å². The van der Waals surface area contributed by atoms with Gasteiger partial charge in [-0.05, 0) is 12.8 Å². The van der Waals surface area contributed by atoms with Crippen molar-refractivity contribution < 1.29 is 12.7 Å². The molecular weight excluding hydrogens is 297 g/mol. The van der Waals surface area contributed by atoms with Crippen molar-refractivity contribution >= 4 is 34.8 Å². The lowest BCUT2D eigenvalue weighted by Crippen LogP contribution is -2.41. The van der Waals surface area contributed by atoms with E-state index in [-0.39, 0.29) is 11.7 Å². The minimum Gasteiger partial charge on any atom is -0.393 e. The molecule has 80 valence electrons. The number of halogens is 1. The fourth-order valence-corrected chi connectivity index (χ4v) is 2.08. The normalized spacial score (nSPS) is 25.3. The SMILES string of the molecule is N[C@H](C(=O)OI)[C@H]1CCCCCC1=O. The summed E-state index contributed by atoms with van der Waals surface area (Å²) in [5, 5.41) is 0. The second kappa shape index (κ2) is 5.65. The van der Waals surface area contributed by atoms with Crippen molar-refractivity contribution in [3.8, 4) is 0 Å². The van der Waals surface area contributed by atoms with E-state index in [1.165, 1.54) is 23.0 Å². The Morgan fingerprint density at radius 2 is 2.21 bits per heavy atom. The van der Waals surface area contributed by atoms with Gasteiger partial charge in [0.05, 0.1) is 0 Å². The van der Waals surface area contributed by atoms with Gasteiger partial charge >= 0.3 is 5.97 Å². The third-order valence-corrected chi connectivity index (χ3v) is 3.07. The summed E-state index contributed by atoms with van der Waals surface area (Å²) in [6.45, 7) is 0. The Kier molecular flexibility index (Phi) is 4.80. The van der Waals surface area contributed by atoms with E-state index in [0.717, 1.165) is 19.3 Å². The van der Waals surface area contributed by atoms with E-state index in [1.54, 1.807) is 0 Å². The smallest absolute Gasteiger partial charge is 0.333 e. The summed E-state index contributed by atoms with van der Waals surface area (Å²) in [6.07, 6.45) is 4.20. The Morgan fingerprint density at radius 1 is 1.50 bits per heavy atom. The van der Waals surface area contributed by atoms with Crippen LogP contribution in [-0.4, -0.2) is 17.8 Å². The molecule has 1 aliphatic carbocycles. The summed E-state index contributed by atoms with van der Waals surface area (Å²) >= 11 is 1.50. The number of carbonyl (C=O) groups excluding carboxylic acids is 2. The molecule has 0 heterocycles. The second-order valence-corrected chi connectivity index (χ2v) is 4.03. The van der Waals surface area contributed by atoms with Gasteiger partial charge in [0.1, 0.15) is 11.8 Å². The molecular formula is C9H14INO3. The molecule has 0 aromatic carbocycles. The Labute approximate surface area is 97.2 Å². The van der Waals surface area contributed by atoms with Crippen LogP contribution in [0.2, 0.25) is 0 Å². The van der Waals surface area contributed by atoms with Crippen molar-refractivity contribution in [1.29, 1.82) is 0 Å². The third-order valence-electron chi connectivity index (χ3n) is 2.63. The van der Waals surface area contributed by atoms with Gasteiger partial charge in [-0.3, -0.25) is 4.79 Å². The average molecular weight is 311 g/mol. The molecule has 14 heavy (non-hydrogen) atoms. The van der Waals surface area contributed by atoms with E-state index in [2.05, 4.69) is 3.07 Å². The van der Waals surface area contributed by atoms with Crippen molar-refractivity contribution in [2.24, 2.45) is 11.7 Å². The Hall–Kier alpha value is -0.170. The maximum absolute atomic E-state index is 11.6. The van der Waals surface area contributed by atoms with Crippen molar-refractivity contribution in [3.05, 3.63) is 0 Å². The lowest BCUT2D eigenvalue weighted by molar-refractivity contribution is -0.137. The average Bonchev–Trinajstić information content (AvgIpc) is 2.40. The van der Waals surface area contributed by atoms with Gasteiger partial charge in [-0.15, -0.1) is 0 Å². The zero-order valence-electron chi connectivity index (χ0n) is 7.87. The van der Waals surface area contributed by atoms with Gasteiger partial charge in [-0.2, -0.15) is 0 Å². The van der Waals surface area contributed by atoms with Crippen LogP contribution in [0.15, 0.2) is 0 Å². The van der Waals surface area contributed by atoms with Crippen LogP contribution >= 0.6 is 23.0 Å². The fourth-order valence-electron chi connectivity index (χ4n) is 1.78. The van der Waals surface area contributed by atoms with Crippen molar-refractivity contribution in [1.82, 2.24) is 0 Å². The zero-order chi connectivity index (χ0) is 10.6. The quantitative estimate of drug-likeness (QED) is 0.617. The van der Waals surface area contributed by atoms with Crippen LogP contribution in [0, 0.1) is 5.92 Å². The van der Waals surface area contributed by atoms with Crippen molar-refractivity contribution in [3.63, 3.8) is 0 Å². The first-order valence-corrected chi connectivity index (χ1v) is 5.65. The maximum Gasteiger partial charge on any atom is 0.333 e. The minimum absolute atomic E-state index is 0.108. The molecule has 1 aliphatic rings. The lowest BCUT2D eigenvalue weighted by atomic mass is 9.91. The highest BCUT2D eigenvalue weighted by Gasteiger charge is 2.31. The number of carbonyl (C=O) groups is 2. The molecule has 5 heteroatoms. The number of rotatable bonds is 2. The predicted molar refractivity (Wildman–Crippen MR) is 59.7 cm³/mol. The maximum atomic E-state index is 11.6. The summed E-state index contributed by atoms with van der Waals surface area (Å²) in [7, 11) is 0. The van der Waals surface area contributed by atoms with Crippen LogP contribution in [0.1, 0.15) is 32.1 Å². The number of nitrogens with two attached hydrogens (primary N) is 1. The summed E-state index contributed by atoms with van der Waals surface area (Å²) < 4.78 is 4.51. The minimum atomic E-state index is -0.780. The second-order valence-electron chi connectivity index (χ2n) is 3.59. The van der Waals surface area contributed by atoms with Crippen LogP contribution in [-0.2, 0) is 12.7 Å². The molecule has 2 N–H and O–H groups in total. The van der Waals surface area contributed by atoms with E-state index in [0.29, 0.717) is 12.8 Å². The standard InChI is InChI=1S/C9H14INO3/c10-14-9(13)8(11)6-4-2-1-3-5-7(6)12/h6,8H,1-5,11H2/t6-,8-/m0/s1. The number of ketones is 1. The Morgan fingerprint density at radius 3 is 2.86 bits per heavy atom. The molecule has 1 saturated carbocycles. The summed E-state index contributed by atoms with van der Waals surface area (Å²) in [6, 6.07) is -0.780. The van der Waals surface area contributed by atoms with Crippen LogP contribution in [0.5, 0.6) is 0 Å².